The van der Waals surface area contributed by atoms with Crippen LogP contribution in [0.4, 0.5) is 25.7 Å². The van der Waals surface area contributed by atoms with E-state index in [1.54, 1.807) is 34.5 Å². The molecule has 4 rings (SSSR count). The van der Waals surface area contributed by atoms with Gasteiger partial charge in [0.15, 0.2) is 5.13 Å². The number of anilines is 3. The Hall–Kier alpha value is -3.46. The summed E-state index contributed by atoms with van der Waals surface area (Å²) >= 11 is 1.27. The Kier molecular flexibility index (Phi) is 6.42. The number of hydrogen-bond acceptors (Lipinski definition) is 5. The first-order valence-corrected chi connectivity index (χ1v) is 10.8. The molecule has 2 heterocycles. The third kappa shape index (κ3) is 5.37. The number of carbonyl (C=O) groups is 2. The predicted molar refractivity (Wildman–Crippen MR) is 120 cm³/mol. The summed E-state index contributed by atoms with van der Waals surface area (Å²) in [6.45, 7) is 2.22. The third-order valence-corrected chi connectivity index (χ3v) is 5.77. The maximum absolute atomic E-state index is 14.0. The first kappa shape index (κ1) is 20.8. The van der Waals surface area contributed by atoms with Crippen LogP contribution in [0.1, 0.15) is 5.69 Å². The van der Waals surface area contributed by atoms with Crippen LogP contribution < -0.4 is 15.5 Å². The van der Waals surface area contributed by atoms with Crippen LogP contribution in [-0.2, 0) is 11.2 Å². The van der Waals surface area contributed by atoms with E-state index in [0.29, 0.717) is 48.4 Å². The van der Waals surface area contributed by atoms with E-state index in [1.807, 2.05) is 29.2 Å². The fourth-order valence-electron chi connectivity index (χ4n) is 3.40. The largest absolute Gasteiger partial charge is 0.366 e. The summed E-state index contributed by atoms with van der Waals surface area (Å²) in [5.74, 6) is -0.278. The molecule has 1 aliphatic heterocycles. The lowest BCUT2D eigenvalue weighted by Gasteiger charge is -2.36. The van der Waals surface area contributed by atoms with Crippen molar-refractivity contribution in [1.82, 2.24) is 9.88 Å². The van der Waals surface area contributed by atoms with Crippen molar-refractivity contribution in [2.75, 3.05) is 41.7 Å². The minimum atomic E-state index is -0.386. The van der Waals surface area contributed by atoms with Gasteiger partial charge in [-0.05, 0) is 24.3 Å². The summed E-state index contributed by atoms with van der Waals surface area (Å²) in [4.78, 5) is 32.8. The van der Waals surface area contributed by atoms with Crippen LogP contribution in [0.5, 0.6) is 0 Å². The fourth-order valence-corrected chi connectivity index (χ4v) is 4.10. The number of carbonyl (C=O) groups excluding carboxylic acids is 2. The highest BCUT2D eigenvalue weighted by Crippen LogP contribution is 2.21. The van der Waals surface area contributed by atoms with Crippen molar-refractivity contribution in [3.63, 3.8) is 0 Å². The maximum atomic E-state index is 14.0. The molecular weight excluding hydrogens is 417 g/mol. The number of piperazine rings is 1. The van der Waals surface area contributed by atoms with Gasteiger partial charge in [-0.1, -0.05) is 30.3 Å². The minimum absolute atomic E-state index is 0.0289. The Bertz CT molecular complexity index is 1050. The molecule has 0 spiro atoms. The first-order valence-electron chi connectivity index (χ1n) is 9.93. The van der Waals surface area contributed by atoms with Gasteiger partial charge in [0.05, 0.1) is 17.8 Å². The van der Waals surface area contributed by atoms with Crippen LogP contribution in [-0.4, -0.2) is 48.0 Å². The lowest BCUT2D eigenvalue weighted by Crippen LogP contribution is -2.49. The summed E-state index contributed by atoms with van der Waals surface area (Å²) in [5.41, 5.74) is 1.86. The highest BCUT2D eigenvalue weighted by Gasteiger charge is 2.23. The second-order valence-corrected chi connectivity index (χ2v) is 7.94. The molecule has 0 bridgehead atoms. The standard InChI is InChI=1S/C22H22FN5O2S/c23-18-8-4-5-9-19(18)27-10-12-28(13-11-27)20(29)14-17-15-31-22(25-17)26-21(30)24-16-6-2-1-3-7-16/h1-9,15H,10-14H2,(H2,24,25,26,30). The minimum Gasteiger partial charge on any atom is -0.366 e. The number of para-hydroxylation sites is 2. The molecule has 3 amide bonds. The molecule has 1 fully saturated rings. The van der Waals surface area contributed by atoms with E-state index in [-0.39, 0.29) is 24.2 Å². The van der Waals surface area contributed by atoms with E-state index in [0.717, 1.165) is 0 Å². The molecule has 31 heavy (non-hydrogen) atoms. The molecule has 9 heteroatoms. The fraction of sp³-hybridized carbons (Fsp3) is 0.227. The average molecular weight is 440 g/mol. The Labute approximate surface area is 183 Å². The molecule has 0 atom stereocenters. The van der Waals surface area contributed by atoms with Gasteiger partial charge in [0.1, 0.15) is 5.82 Å². The molecule has 0 radical (unpaired) electrons. The van der Waals surface area contributed by atoms with E-state index in [9.17, 15) is 14.0 Å². The van der Waals surface area contributed by atoms with Crippen LogP contribution in [0, 0.1) is 5.82 Å². The van der Waals surface area contributed by atoms with E-state index in [2.05, 4.69) is 15.6 Å². The molecule has 0 aliphatic carbocycles. The summed E-state index contributed by atoms with van der Waals surface area (Å²) in [6.07, 6.45) is 0.165. The molecular formula is C22H22FN5O2S. The van der Waals surface area contributed by atoms with Crippen molar-refractivity contribution < 1.29 is 14.0 Å². The van der Waals surface area contributed by atoms with E-state index in [1.165, 1.54) is 17.4 Å². The van der Waals surface area contributed by atoms with Crippen molar-refractivity contribution in [3.05, 3.63) is 71.5 Å². The Morgan fingerprint density at radius 2 is 1.68 bits per heavy atom. The zero-order valence-corrected chi connectivity index (χ0v) is 17.6. The van der Waals surface area contributed by atoms with Crippen LogP contribution in [0.15, 0.2) is 60.0 Å². The van der Waals surface area contributed by atoms with Crippen LogP contribution in [0.3, 0.4) is 0 Å². The Morgan fingerprint density at radius 1 is 0.968 bits per heavy atom. The van der Waals surface area contributed by atoms with Gasteiger partial charge >= 0.3 is 6.03 Å². The molecule has 2 aromatic carbocycles. The van der Waals surface area contributed by atoms with E-state index < -0.39 is 0 Å². The monoisotopic (exact) mass is 439 g/mol. The second kappa shape index (κ2) is 9.57. The quantitative estimate of drug-likeness (QED) is 0.634. The lowest BCUT2D eigenvalue weighted by atomic mass is 10.2. The number of rotatable bonds is 5. The zero-order chi connectivity index (χ0) is 21.6. The second-order valence-electron chi connectivity index (χ2n) is 7.09. The number of halogens is 1. The van der Waals surface area contributed by atoms with Gasteiger partial charge in [0.2, 0.25) is 5.91 Å². The van der Waals surface area contributed by atoms with Crippen molar-refractivity contribution in [2.24, 2.45) is 0 Å². The molecule has 1 aliphatic rings. The van der Waals surface area contributed by atoms with E-state index >= 15 is 0 Å². The molecule has 0 unspecified atom stereocenters. The maximum Gasteiger partial charge on any atom is 0.325 e. The number of nitrogens with one attached hydrogen (secondary N) is 2. The summed E-state index contributed by atoms with van der Waals surface area (Å²) < 4.78 is 14.0. The van der Waals surface area contributed by atoms with E-state index in [4.69, 9.17) is 0 Å². The smallest absolute Gasteiger partial charge is 0.325 e. The third-order valence-electron chi connectivity index (χ3n) is 4.96. The van der Waals surface area contributed by atoms with Crippen molar-refractivity contribution >= 4 is 39.8 Å². The van der Waals surface area contributed by atoms with Gasteiger partial charge in [-0.15, -0.1) is 11.3 Å². The summed E-state index contributed by atoms with van der Waals surface area (Å²) in [6, 6.07) is 15.4. The molecule has 0 saturated carbocycles. The summed E-state index contributed by atoms with van der Waals surface area (Å²) in [7, 11) is 0. The normalized spacial score (nSPS) is 13.7. The van der Waals surface area contributed by atoms with Crippen molar-refractivity contribution in [3.8, 4) is 0 Å². The predicted octanol–water partition coefficient (Wildman–Crippen LogP) is 3.82. The van der Waals surface area contributed by atoms with Gasteiger partial charge < -0.3 is 15.1 Å². The first-order chi connectivity index (χ1) is 15.1. The number of aromatic nitrogens is 1. The van der Waals surface area contributed by atoms with Crippen molar-refractivity contribution in [2.45, 2.75) is 6.42 Å². The molecule has 3 aromatic rings. The van der Waals surface area contributed by atoms with Gasteiger partial charge in [-0.2, -0.15) is 0 Å². The van der Waals surface area contributed by atoms with Crippen molar-refractivity contribution in [1.29, 1.82) is 0 Å². The number of benzene rings is 2. The topological polar surface area (TPSA) is 77.6 Å². The highest BCUT2D eigenvalue weighted by atomic mass is 32.1. The van der Waals surface area contributed by atoms with Crippen LogP contribution >= 0.6 is 11.3 Å². The molecule has 160 valence electrons. The molecule has 7 nitrogen and oxygen atoms in total. The number of thiazole rings is 1. The van der Waals surface area contributed by atoms with Crippen LogP contribution in [0.25, 0.3) is 0 Å². The zero-order valence-electron chi connectivity index (χ0n) is 16.8. The highest BCUT2D eigenvalue weighted by molar-refractivity contribution is 7.14. The number of amides is 3. The van der Waals surface area contributed by atoms with Crippen LogP contribution in [0.2, 0.25) is 0 Å². The number of urea groups is 1. The molecule has 1 aromatic heterocycles. The Morgan fingerprint density at radius 3 is 2.42 bits per heavy atom. The molecule has 2 N–H and O–H groups in total. The van der Waals surface area contributed by atoms with Gasteiger partial charge in [-0.25, -0.2) is 14.2 Å². The van der Waals surface area contributed by atoms with Gasteiger partial charge in [0, 0.05) is 37.2 Å². The Balaban J connectivity index is 1.26. The lowest BCUT2D eigenvalue weighted by molar-refractivity contribution is -0.130. The SMILES string of the molecule is O=C(Nc1ccccc1)Nc1nc(CC(=O)N2CCN(c3ccccc3F)CC2)cs1. The number of hydrogen-bond donors (Lipinski definition) is 2. The average Bonchev–Trinajstić information content (AvgIpc) is 3.21. The van der Waals surface area contributed by atoms with Gasteiger partial charge in [-0.3, -0.25) is 10.1 Å². The van der Waals surface area contributed by atoms with Gasteiger partial charge in [0.25, 0.3) is 0 Å². The number of nitrogens with zero attached hydrogens (tertiary/aromatic N) is 3. The summed E-state index contributed by atoms with van der Waals surface area (Å²) in [5, 5.41) is 7.61. The molecule has 1 saturated heterocycles.